The van der Waals surface area contributed by atoms with Gasteiger partial charge in [0.25, 0.3) is 5.91 Å². The van der Waals surface area contributed by atoms with Crippen LogP contribution in [0.1, 0.15) is 22.8 Å². The molecule has 0 heterocycles. The van der Waals surface area contributed by atoms with E-state index in [4.69, 9.17) is 9.47 Å². The molecule has 0 aliphatic heterocycles. The van der Waals surface area contributed by atoms with Crippen LogP contribution in [-0.4, -0.2) is 32.4 Å². The van der Waals surface area contributed by atoms with E-state index in [0.29, 0.717) is 17.9 Å². The summed E-state index contributed by atoms with van der Waals surface area (Å²) in [5.41, 5.74) is 2.93. The number of nitrogens with zero attached hydrogens (tertiary/aromatic N) is 1. The van der Waals surface area contributed by atoms with Crippen molar-refractivity contribution in [3.05, 3.63) is 53.6 Å². The molecular weight excluding hydrogens is 346 g/mol. The Kier molecular flexibility index (Phi) is 6.90. The van der Waals surface area contributed by atoms with Gasteiger partial charge in [-0.15, -0.1) is 0 Å². The summed E-state index contributed by atoms with van der Waals surface area (Å²) in [5, 5.41) is 3.78. The van der Waals surface area contributed by atoms with Gasteiger partial charge in [0, 0.05) is 11.1 Å². The summed E-state index contributed by atoms with van der Waals surface area (Å²) in [5.74, 6) is 0.164. The molecule has 0 aromatic heterocycles. The Labute approximate surface area is 149 Å². The molecule has 0 saturated carbocycles. The molecule has 2 aromatic carbocycles. The van der Waals surface area contributed by atoms with Crippen LogP contribution in [0.5, 0.6) is 17.2 Å². The van der Waals surface area contributed by atoms with E-state index in [1.165, 1.54) is 25.5 Å². The number of carbonyl (C=O) groups excluding carboxylic acids is 1. The van der Waals surface area contributed by atoms with Crippen molar-refractivity contribution in [1.29, 1.82) is 0 Å². The first-order chi connectivity index (χ1) is 12.5. The highest BCUT2D eigenvalue weighted by Gasteiger charge is 2.14. The van der Waals surface area contributed by atoms with Crippen LogP contribution in [0.2, 0.25) is 0 Å². The minimum atomic E-state index is -3.02. The lowest BCUT2D eigenvalue weighted by Crippen LogP contribution is -2.17. The van der Waals surface area contributed by atoms with Crippen molar-refractivity contribution in [3.63, 3.8) is 0 Å². The number of para-hydroxylation sites is 1. The molecule has 1 amide bonds. The minimum Gasteiger partial charge on any atom is -0.494 e. The van der Waals surface area contributed by atoms with Crippen LogP contribution < -0.4 is 19.6 Å². The first-order valence-electron chi connectivity index (χ1n) is 7.73. The summed E-state index contributed by atoms with van der Waals surface area (Å²) in [6.45, 7) is -0.629. The van der Waals surface area contributed by atoms with Gasteiger partial charge in [-0.3, -0.25) is 4.79 Å². The van der Waals surface area contributed by atoms with Gasteiger partial charge in [0.1, 0.15) is 5.75 Å². The van der Waals surface area contributed by atoms with Crippen LogP contribution in [0, 0.1) is 0 Å². The summed E-state index contributed by atoms with van der Waals surface area (Å²) in [7, 11) is 1.34. The normalized spacial score (nSPS) is 10.8. The van der Waals surface area contributed by atoms with E-state index in [1.54, 1.807) is 30.3 Å². The molecule has 0 spiro atoms. The Bertz CT molecular complexity index is 764. The molecule has 138 valence electrons. The second-order valence-electron chi connectivity index (χ2n) is 4.91. The predicted molar refractivity (Wildman–Crippen MR) is 92.3 cm³/mol. The summed E-state index contributed by atoms with van der Waals surface area (Å²) >= 11 is 0. The van der Waals surface area contributed by atoms with Crippen molar-refractivity contribution in [2.75, 3.05) is 13.7 Å². The maximum atomic E-state index is 12.6. The fourth-order valence-electron chi connectivity index (χ4n) is 2.10. The van der Waals surface area contributed by atoms with E-state index in [2.05, 4.69) is 15.3 Å². The van der Waals surface area contributed by atoms with Gasteiger partial charge in [0.15, 0.2) is 11.5 Å². The fraction of sp³-hybridized carbons (Fsp3) is 0.222. The number of ether oxygens (including phenoxy) is 3. The predicted octanol–water partition coefficient (Wildman–Crippen LogP) is 3.46. The standard InChI is InChI=1S/C18H18F2N2O4/c1-3-25-14-9-7-12(8-10-14)17(23)22-21-11-13-5-4-6-15(24-2)16(13)26-18(19)20/h4-11,18H,3H2,1-2H3,(H,22,23)/b21-11-. The van der Waals surface area contributed by atoms with Gasteiger partial charge in [0.05, 0.1) is 19.9 Å². The molecule has 8 heteroatoms. The number of hydrogen-bond donors (Lipinski definition) is 1. The summed E-state index contributed by atoms with van der Waals surface area (Å²) < 4.78 is 39.9. The number of hydrazone groups is 1. The molecule has 6 nitrogen and oxygen atoms in total. The van der Waals surface area contributed by atoms with Crippen molar-refractivity contribution < 1.29 is 27.8 Å². The highest BCUT2D eigenvalue weighted by atomic mass is 19.3. The van der Waals surface area contributed by atoms with Gasteiger partial charge in [-0.25, -0.2) is 5.43 Å². The number of amides is 1. The van der Waals surface area contributed by atoms with Gasteiger partial charge in [-0.2, -0.15) is 13.9 Å². The highest BCUT2D eigenvalue weighted by Crippen LogP contribution is 2.31. The molecule has 0 atom stereocenters. The zero-order chi connectivity index (χ0) is 18.9. The van der Waals surface area contributed by atoms with Crippen molar-refractivity contribution in [2.24, 2.45) is 5.10 Å². The fourth-order valence-corrected chi connectivity index (χ4v) is 2.10. The Hall–Kier alpha value is -3.16. The average Bonchev–Trinajstić information content (AvgIpc) is 2.63. The van der Waals surface area contributed by atoms with Crippen molar-refractivity contribution in [3.8, 4) is 17.2 Å². The molecule has 26 heavy (non-hydrogen) atoms. The first-order valence-corrected chi connectivity index (χ1v) is 7.73. The molecule has 2 rings (SSSR count). The molecule has 0 aliphatic carbocycles. The van der Waals surface area contributed by atoms with E-state index in [1.807, 2.05) is 6.92 Å². The Morgan fingerprint density at radius 2 is 1.96 bits per heavy atom. The van der Waals surface area contributed by atoms with Crippen LogP contribution in [0.4, 0.5) is 8.78 Å². The number of alkyl halides is 2. The van der Waals surface area contributed by atoms with E-state index in [9.17, 15) is 13.6 Å². The zero-order valence-corrected chi connectivity index (χ0v) is 14.2. The largest absolute Gasteiger partial charge is 0.494 e. The molecule has 2 aromatic rings. The topological polar surface area (TPSA) is 69.2 Å². The smallest absolute Gasteiger partial charge is 0.387 e. The average molecular weight is 364 g/mol. The second kappa shape index (κ2) is 9.36. The number of halogens is 2. The van der Waals surface area contributed by atoms with E-state index in [0.717, 1.165) is 0 Å². The number of rotatable bonds is 8. The number of nitrogens with one attached hydrogen (secondary N) is 1. The van der Waals surface area contributed by atoms with E-state index in [-0.39, 0.29) is 17.1 Å². The van der Waals surface area contributed by atoms with Crippen LogP contribution in [0.15, 0.2) is 47.6 Å². The molecule has 0 saturated heterocycles. The van der Waals surface area contributed by atoms with Crippen LogP contribution in [0.25, 0.3) is 0 Å². The van der Waals surface area contributed by atoms with Crippen LogP contribution in [0.3, 0.4) is 0 Å². The van der Waals surface area contributed by atoms with Crippen molar-refractivity contribution in [1.82, 2.24) is 5.43 Å². The number of methoxy groups -OCH3 is 1. The lowest BCUT2D eigenvalue weighted by molar-refractivity contribution is -0.0513. The highest BCUT2D eigenvalue weighted by molar-refractivity contribution is 5.95. The quantitative estimate of drug-likeness (QED) is 0.575. The molecule has 1 N–H and O–H groups in total. The number of carbonyl (C=O) groups is 1. The lowest BCUT2D eigenvalue weighted by atomic mass is 10.2. The van der Waals surface area contributed by atoms with Gasteiger partial charge < -0.3 is 14.2 Å². The minimum absolute atomic E-state index is 0.132. The third-order valence-electron chi connectivity index (χ3n) is 3.23. The Balaban J connectivity index is 2.08. The SMILES string of the molecule is CCOc1ccc(C(=O)N/N=C\c2cccc(OC)c2OC(F)F)cc1. The number of benzene rings is 2. The monoisotopic (exact) mass is 364 g/mol. The van der Waals surface area contributed by atoms with E-state index >= 15 is 0 Å². The van der Waals surface area contributed by atoms with Gasteiger partial charge in [-0.1, -0.05) is 6.07 Å². The molecule has 0 fully saturated rings. The van der Waals surface area contributed by atoms with Crippen molar-refractivity contribution >= 4 is 12.1 Å². The summed E-state index contributed by atoms with van der Waals surface area (Å²) in [4.78, 5) is 12.0. The Morgan fingerprint density at radius 3 is 2.58 bits per heavy atom. The van der Waals surface area contributed by atoms with Gasteiger partial charge >= 0.3 is 6.61 Å². The second-order valence-corrected chi connectivity index (χ2v) is 4.91. The maximum Gasteiger partial charge on any atom is 0.387 e. The first kappa shape index (κ1) is 19.2. The van der Waals surface area contributed by atoms with Crippen LogP contribution >= 0.6 is 0 Å². The third-order valence-corrected chi connectivity index (χ3v) is 3.23. The molecule has 0 aliphatic rings. The zero-order valence-electron chi connectivity index (χ0n) is 14.2. The van der Waals surface area contributed by atoms with Gasteiger partial charge in [0.2, 0.25) is 0 Å². The molecule has 0 radical (unpaired) electrons. The Morgan fingerprint density at radius 1 is 1.23 bits per heavy atom. The molecular formula is C18H18F2N2O4. The maximum absolute atomic E-state index is 12.6. The van der Waals surface area contributed by atoms with Crippen LogP contribution in [-0.2, 0) is 0 Å². The number of hydrogen-bond acceptors (Lipinski definition) is 5. The van der Waals surface area contributed by atoms with E-state index < -0.39 is 12.5 Å². The molecule has 0 unspecified atom stereocenters. The molecule has 0 bridgehead atoms. The summed E-state index contributed by atoms with van der Waals surface area (Å²) in [6, 6.07) is 11.1. The third kappa shape index (κ3) is 5.17. The van der Waals surface area contributed by atoms with Gasteiger partial charge in [-0.05, 0) is 43.3 Å². The summed E-state index contributed by atoms with van der Waals surface area (Å²) in [6.07, 6.45) is 1.20. The van der Waals surface area contributed by atoms with Crippen molar-refractivity contribution in [2.45, 2.75) is 13.5 Å². The lowest BCUT2D eigenvalue weighted by Gasteiger charge is -2.11.